The van der Waals surface area contributed by atoms with Gasteiger partial charge in [-0.2, -0.15) is 5.26 Å². The maximum absolute atomic E-state index is 13.8. The van der Waals surface area contributed by atoms with Crippen LogP contribution >= 0.6 is 0 Å². The number of ether oxygens (including phenoxy) is 1. The van der Waals surface area contributed by atoms with Gasteiger partial charge in [-0.15, -0.1) is 0 Å². The van der Waals surface area contributed by atoms with E-state index in [9.17, 15) is 14.0 Å². The van der Waals surface area contributed by atoms with Crippen LogP contribution in [0.15, 0.2) is 30.5 Å². The second-order valence-electron chi connectivity index (χ2n) is 5.28. The van der Waals surface area contributed by atoms with Gasteiger partial charge >= 0.3 is 5.97 Å². The van der Waals surface area contributed by atoms with E-state index in [1.807, 2.05) is 0 Å². The molecule has 0 radical (unpaired) electrons. The molecule has 0 aliphatic heterocycles. The second-order valence-corrected chi connectivity index (χ2v) is 5.28. The van der Waals surface area contributed by atoms with Crippen LogP contribution in [0.2, 0.25) is 0 Å². The van der Waals surface area contributed by atoms with Gasteiger partial charge in [-0.3, -0.25) is 4.79 Å². The zero-order valence-corrected chi connectivity index (χ0v) is 13.1. The van der Waals surface area contributed by atoms with Crippen LogP contribution in [0, 0.1) is 22.6 Å². The van der Waals surface area contributed by atoms with Crippen LogP contribution in [0.4, 0.5) is 10.1 Å². The third-order valence-corrected chi connectivity index (χ3v) is 2.83. The molecule has 0 bridgehead atoms. The molecule has 0 unspecified atom stereocenters. The van der Waals surface area contributed by atoms with Gasteiger partial charge in [-0.25, -0.2) is 9.18 Å². The van der Waals surface area contributed by atoms with Crippen LogP contribution in [-0.4, -0.2) is 25.5 Å². The minimum Gasteiger partial charge on any atom is -0.465 e. The molecule has 23 heavy (non-hydrogen) atoms. The van der Waals surface area contributed by atoms with Gasteiger partial charge in [0.15, 0.2) is 0 Å². The summed E-state index contributed by atoms with van der Waals surface area (Å²) in [7, 11) is 1.20. The van der Waals surface area contributed by atoms with Gasteiger partial charge in [0.2, 0.25) is 5.91 Å². The first-order valence-corrected chi connectivity index (χ1v) is 6.79. The fourth-order valence-electron chi connectivity index (χ4n) is 1.51. The molecule has 0 spiro atoms. The highest BCUT2D eigenvalue weighted by Gasteiger charge is 2.12. The van der Waals surface area contributed by atoms with Crippen molar-refractivity contribution in [1.82, 2.24) is 5.32 Å². The van der Waals surface area contributed by atoms with E-state index in [0.29, 0.717) is 0 Å². The van der Waals surface area contributed by atoms with E-state index in [4.69, 9.17) is 5.26 Å². The predicted octanol–water partition coefficient (Wildman–Crippen LogP) is 2.20. The third-order valence-electron chi connectivity index (χ3n) is 2.83. The average molecular weight is 319 g/mol. The fraction of sp³-hybridized carbons (Fsp3) is 0.312. The van der Waals surface area contributed by atoms with E-state index in [1.165, 1.54) is 25.4 Å². The van der Waals surface area contributed by atoms with Crippen molar-refractivity contribution in [2.75, 3.05) is 19.0 Å². The predicted molar refractivity (Wildman–Crippen MR) is 82.9 cm³/mol. The number of nitriles is 1. The zero-order valence-electron chi connectivity index (χ0n) is 13.1. The molecule has 2 N–H and O–H groups in total. The van der Waals surface area contributed by atoms with Crippen LogP contribution in [0.1, 0.15) is 24.2 Å². The Morgan fingerprint density at radius 1 is 1.43 bits per heavy atom. The molecular formula is C16H18FN3O3. The number of anilines is 1. The van der Waals surface area contributed by atoms with Crippen LogP contribution in [0.3, 0.4) is 0 Å². The van der Waals surface area contributed by atoms with Gasteiger partial charge in [0.25, 0.3) is 0 Å². The molecular weight excluding hydrogens is 301 g/mol. The number of methoxy groups -OCH3 is 1. The summed E-state index contributed by atoms with van der Waals surface area (Å²) in [4.78, 5) is 23.0. The van der Waals surface area contributed by atoms with Crippen molar-refractivity contribution in [1.29, 1.82) is 5.26 Å². The number of carbonyl (C=O) groups excluding carboxylic acids is 2. The number of benzene rings is 1. The van der Waals surface area contributed by atoms with E-state index in [2.05, 4.69) is 21.4 Å². The molecule has 122 valence electrons. The molecule has 0 saturated heterocycles. The lowest BCUT2D eigenvalue weighted by Gasteiger charge is -2.09. The largest absolute Gasteiger partial charge is 0.465 e. The monoisotopic (exact) mass is 319 g/mol. The quantitative estimate of drug-likeness (QED) is 0.784. The van der Waals surface area contributed by atoms with Crippen LogP contribution in [-0.2, 0) is 9.53 Å². The van der Waals surface area contributed by atoms with Crippen molar-refractivity contribution in [3.05, 3.63) is 41.9 Å². The summed E-state index contributed by atoms with van der Waals surface area (Å²) >= 11 is 0. The molecule has 0 aromatic heterocycles. The highest BCUT2D eigenvalue weighted by atomic mass is 19.1. The Balaban J connectivity index is 2.58. The van der Waals surface area contributed by atoms with Gasteiger partial charge in [0.05, 0.1) is 36.4 Å². The standard InChI is InChI=1S/C16H18FN3O3/c1-16(2,10-18)6-7-19-9-14(21)20-13-5-4-11(8-12(13)17)15(22)23-3/h4-8,19H,9H2,1-3H3,(H,20,21)/b7-6+. The Labute approximate surface area is 133 Å². The maximum Gasteiger partial charge on any atom is 0.337 e. The van der Waals surface area contributed by atoms with Gasteiger partial charge in [0.1, 0.15) is 5.82 Å². The van der Waals surface area contributed by atoms with Crippen molar-refractivity contribution in [3.8, 4) is 6.07 Å². The fourth-order valence-corrected chi connectivity index (χ4v) is 1.51. The van der Waals surface area contributed by atoms with Crippen molar-refractivity contribution in [2.45, 2.75) is 13.8 Å². The summed E-state index contributed by atoms with van der Waals surface area (Å²) in [6.45, 7) is 3.36. The first kappa shape index (κ1) is 18.2. The number of hydrogen-bond acceptors (Lipinski definition) is 5. The van der Waals surface area contributed by atoms with E-state index < -0.39 is 23.1 Å². The topological polar surface area (TPSA) is 91.2 Å². The Kier molecular flexibility index (Phi) is 6.27. The normalized spacial score (nSPS) is 10.9. The number of nitrogens with zero attached hydrogens (tertiary/aromatic N) is 1. The van der Waals surface area contributed by atoms with Crippen molar-refractivity contribution < 1.29 is 18.7 Å². The molecule has 1 amide bonds. The SMILES string of the molecule is COC(=O)c1ccc(NC(=O)CN/C=C/C(C)(C)C#N)c(F)c1. The molecule has 0 aliphatic rings. The number of hydrogen-bond donors (Lipinski definition) is 2. The number of rotatable bonds is 6. The maximum atomic E-state index is 13.8. The van der Waals surface area contributed by atoms with E-state index in [0.717, 1.165) is 6.07 Å². The number of carbonyl (C=O) groups is 2. The minimum atomic E-state index is -0.734. The van der Waals surface area contributed by atoms with Gasteiger partial charge in [-0.1, -0.05) is 0 Å². The van der Waals surface area contributed by atoms with Crippen molar-refractivity contribution >= 4 is 17.6 Å². The van der Waals surface area contributed by atoms with Crippen LogP contribution in [0.5, 0.6) is 0 Å². The average Bonchev–Trinajstić information content (AvgIpc) is 2.52. The van der Waals surface area contributed by atoms with Gasteiger partial charge < -0.3 is 15.4 Å². The molecule has 0 fully saturated rings. The molecule has 6 nitrogen and oxygen atoms in total. The first-order valence-electron chi connectivity index (χ1n) is 6.79. The first-order chi connectivity index (χ1) is 10.8. The summed E-state index contributed by atoms with van der Waals surface area (Å²) < 4.78 is 18.3. The number of halogens is 1. The van der Waals surface area contributed by atoms with E-state index in [1.54, 1.807) is 19.9 Å². The Morgan fingerprint density at radius 3 is 2.70 bits per heavy atom. The Hall–Kier alpha value is -2.88. The highest BCUT2D eigenvalue weighted by Crippen LogP contribution is 2.16. The number of amides is 1. The summed E-state index contributed by atoms with van der Waals surface area (Å²) in [6, 6.07) is 5.71. The van der Waals surface area contributed by atoms with E-state index >= 15 is 0 Å². The van der Waals surface area contributed by atoms with Gasteiger partial charge in [0, 0.05) is 0 Å². The summed E-state index contributed by atoms with van der Waals surface area (Å²) in [6.07, 6.45) is 3.12. The number of nitrogens with one attached hydrogen (secondary N) is 2. The Bertz CT molecular complexity index is 663. The molecule has 0 atom stereocenters. The molecule has 1 aromatic rings. The Morgan fingerprint density at radius 2 is 2.13 bits per heavy atom. The zero-order chi connectivity index (χ0) is 17.5. The smallest absolute Gasteiger partial charge is 0.337 e. The molecule has 0 heterocycles. The van der Waals surface area contributed by atoms with Gasteiger partial charge in [-0.05, 0) is 44.3 Å². The van der Waals surface area contributed by atoms with E-state index in [-0.39, 0.29) is 17.8 Å². The minimum absolute atomic E-state index is 0.0363. The molecule has 7 heteroatoms. The lowest BCUT2D eigenvalue weighted by atomic mass is 9.96. The molecule has 1 aromatic carbocycles. The summed E-state index contributed by atoms with van der Waals surface area (Å²) in [5, 5.41) is 13.9. The molecule has 0 aliphatic carbocycles. The molecule has 1 rings (SSSR count). The highest BCUT2D eigenvalue weighted by molar-refractivity contribution is 5.94. The lowest BCUT2D eigenvalue weighted by molar-refractivity contribution is -0.115. The van der Waals surface area contributed by atoms with Crippen LogP contribution < -0.4 is 10.6 Å². The van der Waals surface area contributed by atoms with Crippen molar-refractivity contribution in [2.24, 2.45) is 5.41 Å². The number of esters is 1. The third kappa shape index (κ3) is 5.79. The molecule has 0 saturated carbocycles. The summed E-state index contributed by atoms with van der Waals surface area (Å²) in [5.41, 5.74) is -0.618. The van der Waals surface area contributed by atoms with Crippen LogP contribution in [0.25, 0.3) is 0 Å². The number of allylic oxidation sites excluding steroid dienone is 1. The second kappa shape index (κ2) is 7.94. The summed E-state index contributed by atoms with van der Waals surface area (Å²) in [5.74, 6) is -1.86. The van der Waals surface area contributed by atoms with Crippen molar-refractivity contribution in [3.63, 3.8) is 0 Å². The lowest BCUT2D eigenvalue weighted by Crippen LogP contribution is -2.25.